The van der Waals surface area contributed by atoms with Gasteiger partial charge in [0.15, 0.2) is 0 Å². The summed E-state index contributed by atoms with van der Waals surface area (Å²) in [5.41, 5.74) is 7.08. The van der Waals surface area contributed by atoms with Gasteiger partial charge in [-0.1, -0.05) is 24.6 Å². The van der Waals surface area contributed by atoms with E-state index in [4.69, 9.17) is 0 Å². The zero-order valence-corrected chi connectivity index (χ0v) is 18.2. The minimum absolute atomic E-state index is 0.0354. The van der Waals surface area contributed by atoms with E-state index in [1.54, 1.807) is 13.1 Å². The van der Waals surface area contributed by atoms with E-state index in [-0.39, 0.29) is 11.5 Å². The van der Waals surface area contributed by atoms with Gasteiger partial charge < -0.3 is 10.3 Å². The summed E-state index contributed by atoms with van der Waals surface area (Å²) in [6.45, 7) is 6.52. The van der Waals surface area contributed by atoms with Crippen molar-refractivity contribution in [1.82, 2.24) is 25.2 Å². The topological polar surface area (TPSA) is 91.0 Å². The number of aryl methyl sites for hydroxylation is 2. The van der Waals surface area contributed by atoms with Crippen molar-refractivity contribution in [2.24, 2.45) is 0 Å². The van der Waals surface area contributed by atoms with E-state index in [2.05, 4.69) is 31.2 Å². The number of pyridine rings is 3. The summed E-state index contributed by atoms with van der Waals surface area (Å²) < 4.78 is 0. The van der Waals surface area contributed by atoms with Gasteiger partial charge in [0.25, 0.3) is 11.5 Å². The lowest BCUT2D eigenvalue weighted by atomic mass is 10.1. The molecule has 0 radical (unpaired) electrons. The van der Waals surface area contributed by atoms with E-state index < -0.39 is 0 Å². The third kappa shape index (κ3) is 4.56. The van der Waals surface area contributed by atoms with Crippen LogP contribution in [0.15, 0.2) is 40.8 Å². The third-order valence-corrected chi connectivity index (χ3v) is 5.73. The van der Waals surface area contributed by atoms with Crippen molar-refractivity contribution in [3.63, 3.8) is 0 Å². The SMILES string of the molecule is CCc1cc2ncc(CN3CC/C(=C/c4ccc(C(=O)NC)nc4C)C3)cc2[nH]c1=O. The Bertz CT molecular complexity index is 1230. The number of carbonyl (C=O) groups excluding carboxylic acids is 1. The average Bonchev–Trinajstić information content (AvgIpc) is 3.20. The Morgan fingerprint density at radius 3 is 2.90 bits per heavy atom. The first-order chi connectivity index (χ1) is 15.0. The molecule has 0 unspecified atom stereocenters. The zero-order chi connectivity index (χ0) is 22.0. The van der Waals surface area contributed by atoms with Crippen molar-refractivity contribution < 1.29 is 4.79 Å². The number of rotatable bonds is 5. The van der Waals surface area contributed by atoms with Crippen molar-refractivity contribution in [3.8, 4) is 0 Å². The number of aromatic nitrogens is 3. The van der Waals surface area contributed by atoms with Crippen LogP contribution in [-0.2, 0) is 13.0 Å². The Kier molecular flexibility index (Phi) is 5.95. The van der Waals surface area contributed by atoms with Gasteiger partial charge in [-0.3, -0.25) is 19.5 Å². The average molecular weight is 418 g/mol. The van der Waals surface area contributed by atoms with Crippen LogP contribution in [0.3, 0.4) is 0 Å². The fourth-order valence-electron chi connectivity index (χ4n) is 3.97. The van der Waals surface area contributed by atoms with Crippen molar-refractivity contribution >= 4 is 23.0 Å². The van der Waals surface area contributed by atoms with E-state index >= 15 is 0 Å². The smallest absolute Gasteiger partial charge is 0.269 e. The number of likely N-dealkylation sites (tertiary alicyclic amines) is 1. The molecule has 1 saturated heterocycles. The predicted octanol–water partition coefficient (Wildman–Crippen LogP) is 2.84. The molecule has 0 bridgehead atoms. The molecule has 7 heteroatoms. The molecular weight excluding hydrogens is 390 g/mol. The quantitative estimate of drug-likeness (QED) is 0.666. The molecule has 0 saturated carbocycles. The Hall–Kier alpha value is -3.32. The molecule has 4 heterocycles. The molecule has 0 atom stereocenters. The number of hydrogen-bond donors (Lipinski definition) is 2. The minimum atomic E-state index is -0.175. The molecule has 0 spiro atoms. The third-order valence-electron chi connectivity index (χ3n) is 5.73. The summed E-state index contributed by atoms with van der Waals surface area (Å²) in [4.78, 5) is 38.1. The van der Waals surface area contributed by atoms with Gasteiger partial charge in [0.1, 0.15) is 5.69 Å². The van der Waals surface area contributed by atoms with Crippen LogP contribution in [0.5, 0.6) is 0 Å². The van der Waals surface area contributed by atoms with Crippen LogP contribution in [0.2, 0.25) is 0 Å². The fraction of sp³-hybridized carbons (Fsp3) is 0.333. The Morgan fingerprint density at radius 1 is 1.32 bits per heavy atom. The van der Waals surface area contributed by atoms with Crippen LogP contribution >= 0.6 is 0 Å². The highest BCUT2D eigenvalue weighted by atomic mass is 16.1. The minimum Gasteiger partial charge on any atom is -0.354 e. The summed E-state index contributed by atoms with van der Waals surface area (Å²) in [6, 6.07) is 7.62. The second-order valence-electron chi connectivity index (χ2n) is 7.97. The Balaban J connectivity index is 1.47. The van der Waals surface area contributed by atoms with E-state index in [0.717, 1.165) is 59.5 Å². The molecular formula is C24H27N5O2. The Morgan fingerprint density at radius 2 is 2.16 bits per heavy atom. The van der Waals surface area contributed by atoms with Crippen molar-refractivity contribution in [3.05, 3.63) is 74.5 Å². The molecule has 31 heavy (non-hydrogen) atoms. The van der Waals surface area contributed by atoms with Gasteiger partial charge >= 0.3 is 0 Å². The number of carbonyl (C=O) groups is 1. The van der Waals surface area contributed by atoms with Crippen LogP contribution in [0.4, 0.5) is 0 Å². The van der Waals surface area contributed by atoms with Gasteiger partial charge in [0, 0.05) is 44.1 Å². The number of hydrogen-bond acceptors (Lipinski definition) is 5. The largest absolute Gasteiger partial charge is 0.354 e. The number of aromatic amines is 1. The first kappa shape index (κ1) is 20.9. The maximum Gasteiger partial charge on any atom is 0.269 e. The summed E-state index contributed by atoms with van der Waals surface area (Å²) in [5.74, 6) is -0.175. The molecule has 1 aliphatic heterocycles. The van der Waals surface area contributed by atoms with E-state index in [1.807, 2.05) is 38.2 Å². The van der Waals surface area contributed by atoms with Crippen molar-refractivity contribution in [2.45, 2.75) is 33.2 Å². The summed E-state index contributed by atoms with van der Waals surface area (Å²) in [7, 11) is 1.60. The second-order valence-corrected chi connectivity index (χ2v) is 7.97. The van der Waals surface area contributed by atoms with Gasteiger partial charge in [-0.05, 0) is 49.1 Å². The normalized spacial score (nSPS) is 15.6. The number of nitrogens with one attached hydrogen (secondary N) is 2. The molecule has 3 aromatic heterocycles. The molecule has 160 valence electrons. The molecule has 3 aromatic rings. The maximum absolute atomic E-state index is 12.1. The molecule has 2 N–H and O–H groups in total. The first-order valence-corrected chi connectivity index (χ1v) is 10.6. The monoisotopic (exact) mass is 417 g/mol. The first-order valence-electron chi connectivity index (χ1n) is 10.6. The van der Waals surface area contributed by atoms with Crippen LogP contribution in [0.25, 0.3) is 17.1 Å². The molecule has 1 fully saturated rings. The summed E-state index contributed by atoms with van der Waals surface area (Å²) >= 11 is 0. The van der Waals surface area contributed by atoms with Crippen molar-refractivity contribution in [1.29, 1.82) is 0 Å². The lowest BCUT2D eigenvalue weighted by Gasteiger charge is -2.14. The number of nitrogens with zero attached hydrogens (tertiary/aromatic N) is 3. The predicted molar refractivity (Wildman–Crippen MR) is 122 cm³/mol. The van der Waals surface area contributed by atoms with E-state index in [0.29, 0.717) is 12.1 Å². The molecule has 0 aliphatic carbocycles. The second kappa shape index (κ2) is 8.81. The fourth-order valence-corrected chi connectivity index (χ4v) is 3.97. The van der Waals surface area contributed by atoms with E-state index in [1.165, 1.54) is 5.57 Å². The van der Waals surface area contributed by atoms with Gasteiger partial charge in [-0.2, -0.15) is 0 Å². The van der Waals surface area contributed by atoms with Crippen LogP contribution < -0.4 is 10.9 Å². The molecule has 4 rings (SSSR count). The van der Waals surface area contributed by atoms with Gasteiger partial charge in [-0.15, -0.1) is 0 Å². The summed E-state index contributed by atoms with van der Waals surface area (Å²) in [5, 5.41) is 2.60. The highest BCUT2D eigenvalue weighted by Crippen LogP contribution is 2.22. The molecule has 1 aliphatic rings. The number of fused-ring (bicyclic) bond motifs is 1. The van der Waals surface area contributed by atoms with Crippen molar-refractivity contribution in [2.75, 3.05) is 20.1 Å². The van der Waals surface area contributed by atoms with E-state index in [9.17, 15) is 9.59 Å². The van der Waals surface area contributed by atoms with Crippen LogP contribution in [0.1, 0.15) is 46.2 Å². The molecule has 0 aromatic carbocycles. The number of amides is 1. The lowest BCUT2D eigenvalue weighted by molar-refractivity contribution is 0.0958. The zero-order valence-electron chi connectivity index (χ0n) is 18.2. The molecule has 7 nitrogen and oxygen atoms in total. The van der Waals surface area contributed by atoms with Gasteiger partial charge in [0.05, 0.1) is 11.0 Å². The lowest BCUT2D eigenvalue weighted by Crippen LogP contribution is -2.19. The standard InChI is InChI=1S/C24H27N5O2/c1-4-18-11-21-22(28-23(18)30)10-17(12-26-21)14-29-8-7-16(13-29)9-19-5-6-20(24(31)25-3)27-15(19)2/h5-6,9-12H,4,7-8,13-14H2,1-3H3,(H,25,31)(H,28,30)/b16-9-. The van der Waals surface area contributed by atoms with Gasteiger partial charge in [0.2, 0.25) is 0 Å². The highest BCUT2D eigenvalue weighted by Gasteiger charge is 2.18. The molecule has 1 amide bonds. The Labute approximate surface area is 181 Å². The summed E-state index contributed by atoms with van der Waals surface area (Å²) in [6.07, 6.45) is 5.77. The van der Waals surface area contributed by atoms with Gasteiger partial charge in [-0.25, -0.2) is 4.98 Å². The van der Waals surface area contributed by atoms with Crippen LogP contribution in [-0.4, -0.2) is 45.9 Å². The number of H-pyrrole nitrogens is 1. The highest BCUT2D eigenvalue weighted by molar-refractivity contribution is 5.92. The maximum atomic E-state index is 12.1. The van der Waals surface area contributed by atoms with Crippen LogP contribution in [0, 0.1) is 6.92 Å².